The lowest BCUT2D eigenvalue weighted by Crippen LogP contribution is -2.02. The van der Waals surface area contributed by atoms with E-state index in [1.165, 1.54) is 0 Å². The third-order valence-corrected chi connectivity index (χ3v) is 2.22. The third-order valence-electron chi connectivity index (χ3n) is 2.22. The van der Waals surface area contributed by atoms with Gasteiger partial charge in [0, 0.05) is 12.7 Å². The van der Waals surface area contributed by atoms with Crippen molar-refractivity contribution in [2.45, 2.75) is 6.92 Å². The molecule has 0 radical (unpaired) electrons. The van der Waals surface area contributed by atoms with Gasteiger partial charge in [-0.25, -0.2) is 9.97 Å². The van der Waals surface area contributed by atoms with E-state index in [9.17, 15) is 0 Å². The fraction of sp³-hybridized carbons (Fsp3) is 0.250. The zero-order valence-electron chi connectivity index (χ0n) is 9.84. The number of hydrogen-bond donors (Lipinski definition) is 1. The van der Waals surface area contributed by atoms with Gasteiger partial charge in [-0.1, -0.05) is 0 Å². The molecule has 2 aromatic heterocycles. The average molecular weight is 230 g/mol. The van der Waals surface area contributed by atoms with Crippen LogP contribution >= 0.6 is 0 Å². The van der Waals surface area contributed by atoms with Crippen molar-refractivity contribution in [3.05, 3.63) is 30.6 Å². The zero-order valence-corrected chi connectivity index (χ0v) is 9.84. The van der Waals surface area contributed by atoms with Crippen LogP contribution in [0.2, 0.25) is 0 Å². The molecule has 2 aromatic rings. The summed E-state index contributed by atoms with van der Waals surface area (Å²) in [5.41, 5.74) is 1.59. The van der Waals surface area contributed by atoms with Gasteiger partial charge in [-0.05, 0) is 25.1 Å². The van der Waals surface area contributed by atoms with Crippen LogP contribution < -0.4 is 10.1 Å². The van der Waals surface area contributed by atoms with E-state index >= 15 is 0 Å². The maximum absolute atomic E-state index is 5.06. The number of rotatable bonds is 4. The molecule has 88 valence electrons. The summed E-state index contributed by atoms with van der Waals surface area (Å²) < 4.78 is 5.06. The monoisotopic (exact) mass is 230 g/mol. The van der Waals surface area contributed by atoms with Crippen LogP contribution in [0.25, 0.3) is 11.4 Å². The van der Waals surface area contributed by atoms with E-state index in [2.05, 4.69) is 20.3 Å². The standard InChI is InChI=1S/C12H14N4O/c1-3-13-12-14-7-6-11(16-12)10-5-4-9(17-2)8-15-10/h4-8H,3H2,1-2H3,(H,13,14,16). The van der Waals surface area contributed by atoms with Gasteiger partial charge in [-0.15, -0.1) is 0 Å². The Morgan fingerprint density at radius 1 is 1.18 bits per heavy atom. The van der Waals surface area contributed by atoms with Gasteiger partial charge in [-0.3, -0.25) is 4.98 Å². The van der Waals surface area contributed by atoms with Crippen LogP contribution in [0.3, 0.4) is 0 Å². The van der Waals surface area contributed by atoms with Crippen LogP contribution in [0, 0.1) is 0 Å². The SMILES string of the molecule is CCNc1nccc(-c2ccc(OC)cn2)n1. The molecule has 0 saturated heterocycles. The third kappa shape index (κ3) is 2.69. The summed E-state index contributed by atoms with van der Waals surface area (Å²) in [6.45, 7) is 2.79. The van der Waals surface area contributed by atoms with Crippen LogP contribution in [0.4, 0.5) is 5.95 Å². The first-order valence-electron chi connectivity index (χ1n) is 5.41. The molecule has 0 bridgehead atoms. The van der Waals surface area contributed by atoms with Gasteiger partial charge >= 0.3 is 0 Å². The van der Waals surface area contributed by atoms with Gasteiger partial charge in [0.25, 0.3) is 0 Å². The molecule has 0 amide bonds. The van der Waals surface area contributed by atoms with E-state index in [0.29, 0.717) is 5.95 Å². The van der Waals surface area contributed by atoms with Crippen molar-refractivity contribution < 1.29 is 4.74 Å². The molecule has 0 fully saturated rings. The van der Waals surface area contributed by atoms with Crippen LogP contribution in [-0.2, 0) is 0 Å². The summed E-state index contributed by atoms with van der Waals surface area (Å²) in [4.78, 5) is 12.8. The lowest BCUT2D eigenvalue weighted by Gasteiger charge is -2.04. The summed E-state index contributed by atoms with van der Waals surface area (Å²) in [6.07, 6.45) is 3.39. The molecule has 0 spiro atoms. The maximum Gasteiger partial charge on any atom is 0.223 e. The zero-order chi connectivity index (χ0) is 12.1. The molecule has 17 heavy (non-hydrogen) atoms. The first-order valence-corrected chi connectivity index (χ1v) is 5.41. The summed E-state index contributed by atoms with van der Waals surface area (Å²) >= 11 is 0. The average Bonchev–Trinajstić information content (AvgIpc) is 2.40. The Labute approximate surface area is 99.9 Å². The number of aromatic nitrogens is 3. The summed E-state index contributed by atoms with van der Waals surface area (Å²) in [5.74, 6) is 1.34. The van der Waals surface area contributed by atoms with Crippen molar-refractivity contribution >= 4 is 5.95 Å². The highest BCUT2D eigenvalue weighted by molar-refractivity contribution is 5.55. The van der Waals surface area contributed by atoms with Crippen LogP contribution in [0.5, 0.6) is 5.75 Å². The van der Waals surface area contributed by atoms with Gasteiger partial charge in [0.15, 0.2) is 0 Å². The molecule has 2 rings (SSSR count). The smallest absolute Gasteiger partial charge is 0.223 e. The molecule has 0 atom stereocenters. The molecule has 0 aliphatic heterocycles. The second-order valence-electron chi connectivity index (χ2n) is 3.38. The maximum atomic E-state index is 5.06. The van der Waals surface area contributed by atoms with E-state index in [-0.39, 0.29) is 0 Å². The molecule has 0 aliphatic carbocycles. The van der Waals surface area contributed by atoms with Crippen molar-refractivity contribution in [2.75, 3.05) is 19.0 Å². The Balaban J connectivity index is 2.28. The Hall–Kier alpha value is -2.17. The predicted octanol–water partition coefficient (Wildman–Crippen LogP) is 1.98. The molecule has 2 heterocycles. The predicted molar refractivity (Wildman–Crippen MR) is 66.0 cm³/mol. The van der Waals surface area contributed by atoms with Gasteiger partial charge in [-0.2, -0.15) is 0 Å². The van der Waals surface area contributed by atoms with Crippen molar-refractivity contribution in [3.63, 3.8) is 0 Å². The van der Waals surface area contributed by atoms with Gasteiger partial charge in [0.2, 0.25) is 5.95 Å². The number of ether oxygens (including phenoxy) is 1. The number of methoxy groups -OCH3 is 1. The number of pyridine rings is 1. The Bertz CT molecular complexity index is 484. The largest absolute Gasteiger partial charge is 0.495 e. The highest BCUT2D eigenvalue weighted by Crippen LogP contribution is 2.17. The van der Waals surface area contributed by atoms with Crippen molar-refractivity contribution in [3.8, 4) is 17.1 Å². The molecular weight excluding hydrogens is 216 g/mol. The fourth-order valence-corrected chi connectivity index (χ4v) is 1.40. The van der Waals surface area contributed by atoms with E-state index in [1.807, 2.05) is 25.1 Å². The number of nitrogens with one attached hydrogen (secondary N) is 1. The molecule has 0 aromatic carbocycles. The minimum atomic E-state index is 0.614. The molecule has 0 saturated carbocycles. The Kier molecular flexibility index (Phi) is 3.49. The lowest BCUT2D eigenvalue weighted by molar-refractivity contribution is 0.413. The Morgan fingerprint density at radius 3 is 2.71 bits per heavy atom. The molecule has 5 heteroatoms. The fourth-order valence-electron chi connectivity index (χ4n) is 1.40. The summed E-state index contributed by atoms with van der Waals surface area (Å²) in [6, 6.07) is 5.56. The second kappa shape index (κ2) is 5.25. The first kappa shape index (κ1) is 11.3. The quantitative estimate of drug-likeness (QED) is 0.870. The van der Waals surface area contributed by atoms with Crippen molar-refractivity contribution in [2.24, 2.45) is 0 Å². The lowest BCUT2D eigenvalue weighted by atomic mass is 10.2. The van der Waals surface area contributed by atoms with Crippen LogP contribution in [0.1, 0.15) is 6.92 Å². The topological polar surface area (TPSA) is 59.9 Å². The van der Waals surface area contributed by atoms with E-state index in [0.717, 1.165) is 23.7 Å². The molecule has 5 nitrogen and oxygen atoms in total. The highest BCUT2D eigenvalue weighted by atomic mass is 16.5. The van der Waals surface area contributed by atoms with Gasteiger partial charge < -0.3 is 10.1 Å². The number of anilines is 1. The van der Waals surface area contributed by atoms with Crippen molar-refractivity contribution in [1.29, 1.82) is 0 Å². The minimum Gasteiger partial charge on any atom is -0.495 e. The van der Waals surface area contributed by atoms with E-state index in [1.54, 1.807) is 19.5 Å². The molecule has 0 aliphatic rings. The molecule has 0 unspecified atom stereocenters. The van der Waals surface area contributed by atoms with E-state index < -0.39 is 0 Å². The van der Waals surface area contributed by atoms with Gasteiger partial charge in [0.05, 0.1) is 24.7 Å². The molecular formula is C12H14N4O. The van der Waals surface area contributed by atoms with Gasteiger partial charge in [0.1, 0.15) is 5.75 Å². The number of nitrogens with zero attached hydrogens (tertiary/aromatic N) is 3. The number of hydrogen-bond acceptors (Lipinski definition) is 5. The van der Waals surface area contributed by atoms with Crippen LogP contribution in [-0.4, -0.2) is 28.6 Å². The highest BCUT2D eigenvalue weighted by Gasteiger charge is 2.03. The normalized spacial score (nSPS) is 10.0. The minimum absolute atomic E-state index is 0.614. The van der Waals surface area contributed by atoms with Crippen molar-refractivity contribution in [1.82, 2.24) is 15.0 Å². The Morgan fingerprint density at radius 2 is 2.06 bits per heavy atom. The second-order valence-corrected chi connectivity index (χ2v) is 3.38. The van der Waals surface area contributed by atoms with Crippen LogP contribution in [0.15, 0.2) is 30.6 Å². The molecule has 1 N–H and O–H groups in total. The first-order chi connectivity index (χ1) is 8.33. The van der Waals surface area contributed by atoms with E-state index in [4.69, 9.17) is 4.74 Å². The summed E-state index contributed by atoms with van der Waals surface area (Å²) in [5, 5.41) is 3.07. The summed E-state index contributed by atoms with van der Waals surface area (Å²) in [7, 11) is 1.62.